The molecule has 0 amide bonds. The van der Waals surface area contributed by atoms with Gasteiger partial charge in [0.1, 0.15) is 0 Å². The Balaban J connectivity index is 4.18. The Morgan fingerprint density at radius 2 is 0.765 bits per heavy atom. The van der Waals surface area contributed by atoms with Crippen LogP contribution in [0.5, 0.6) is 0 Å². The zero-order chi connectivity index (χ0) is 25.7. The second kappa shape index (κ2) is 21.9. The van der Waals surface area contributed by atoms with Gasteiger partial charge in [0.15, 0.2) is 0 Å². The van der Waals surface area contributed by atoms with Crippen LogP contribution in [-0.2, 0) is 26.6 Å². The van der Waals surface area contributed by atoms with Crippen LogP contribution in [-0.4, -0.2) is 68.8 Å². The first-order chi connectivity index (χ1) is 16.4. The van der Waals surface area contributed by atoms with Crippen LogP contribution in [0.15, 0.2) is 0 Å². The van der Waals surface area contributed by atoms with Crippen LogP contribution < -0.4 is 0 Å². The van der Waals surface area contributed by atoms with Gasteiger partial charge in [-0.15, -0.1) is 0 Å². The molecule has 0 N–H and O–H groups in total. The van der Waals surface area contributed by atoms with Crippen molar-refractivity contribution in [1.82, 2.24) is 0 Å². The second-order valence-corrected chi connectivity index (χ2v) is 16.5. The highest BCUT2D eigenvalue weighted by Gasteiger charge is 2.40. The van der Waals surface area contributed by atoms with Gasteiger partial charge < -0.3 is 26.6 Å². The summed E-state index contributed by atoms with van der Waals surface area (Å²) in [6.45, 7) is 20.7. The molecule has 0 aromatic rings. The van der Waals surface area contributed by atoms with Crippen LogP contribution in [0.2, 0.25) is 12.1 Å². The average Bonchev–Trinajstić information content (AvgIpc) is 2.78. The quantitative estimate of drug-likeness (QED) is 0.0657. The maximum absolute atomic E-state index is 5.97. The fourth-order valence-electron chi connectivity index (χ4n) is 3.83. The molecule has 0 aliphatic carbocycles. The Hall–Kier alpha value is 0.894. The molecule has 0 spiro atoms. The smallest absolute Gasteiger partial charge is 0.374 e. The summed E-state index contributed by atoms with van der Waals surface area (Å²) in [6.07, 6.45) is 4.56. The van der Waals surface area contributed by atoms with Gasteiger partial charge in [0, 0.05) is 63.2 Å². The lowest BCUT2D eigenvalue weighted by molar-refractivity contribution is 0.0696. The van der Waals surface area contributed by atoms with Gasteiger partial charge in [-0.2, -0.15) is 0 Å². The lowest BCUT2D eigenvalue weighted by Crippen LogP contribution is -2.46. The van der Waals surface area contributed by atoms with Gasteiger partial charge in [-0.25, -0.2) is 0 Å². The highest BCUT2D eigenvalue weighted by Crippen LogP contribution is 2.30. The van der Waals surface area contributed by atoms with Crippen molar-refractivity contribution in [2.45, 2.75) is 93.2 Å². The van der Waals surface area contributed by atoms with Crippen LogP contribution in [0.1, 0.15) is 81.1 Å². The summed E-state index contributed by atoms with van der Waals surface area (Å²) >= 11 is 0. The van der Waals surface area contributed by atoms with Gasteiger partial charge in [0.05, 0.1) is 0 Å². The third kappa shape index (κ3) is 15.9. The molecular weight excluding hydrogens is 505 g/mol. The molecule has 0 aliphatic rings. The first-order valence-corrected chi connectivity index (χ1v) is 19.8. The minimum Gasteiger partial charge on any atom is -0.374 e. The predicted molar refractivity (Wildman–Crippen MR) is 153 cm³/mol. The van der Waals surface area contributed by atoms with Crippen molar-refractivity contribution in [3.63, 3.8) is 0 Å². The van der Waals surface area contributed by atoms with E-state index in [-0.39, 0.29) is 0 Å². The molecule has 0 aliphatic heterocycles. The van der Waals surface area contributed by atoms with E-state index in [1.54, 1.807) is 0 Å². The normalized spacial score (nSPS) is 14.5. The molecule has 2 atom stereocenters. The molecule has 34 heavy (non-hydrogen) atoms. The fraction of sp³-hybridized carbons (Fsp3) is 1.00. The third-order valence-corrected chi connectivity index (χ3v) is 14.5. The van der Waals surface area contributed by atoms with Crippen molar-refractivity contribution >= 4 is 39.2 Å². The lowest BCUT2D eigenvalue weighted by atomic mass is 10.1. The molecule has 0 aromatic carbocycles. The molecule has 0 bridgehead atoms. The molecular formula is C24H54O6S2Si2. The monoisotopic (exact) mass is 558 g/mol. The van der Waals surface area contributed by atoms with Crippen LogP contribution in [0.4, 0.5) is 0 Å². The van der Waals surface area contributed by atoms with Crippen LogP contribution in [0.25, 0.3) is 0 Å². The minimum atomic E-state index is -2.49. The van der Waals surface area contributed by atoms with Crippen LogP contribution >= 0.6 is 21.6 Å². The van der Waals surface area contributed by atoms with Crippen molar-refractivity contribution in [2.24, 2.45) is 11.8 Å². The number of hydrogen-bond donors (Lipinski definition) is 0. The van der Waals surface area contributed by atoms with Crippen LogP contribution in [0.3, 0.4) is 0 Å². The predicted octanol–water partition coefficient (Wildman–Crippen LogP) is 7.30. The van der Waals surface area contributed by atoms with E-state index in [4.69, 9.17) is 26.6 Å². The van der Waals surface area contributed by atoms with E-state index < -0.39 is 17.6 Å². The van der Waals surface area contributed by atoms with Crippen molar-refractivity contribution in [2.75, 3.05) is 51.1 Å². The van der Waals surface area contributed by atoms with E-state index in [2.05, 4.69) is 13.8 Å². The number of rotatable bonds is 25. The van der Waals surface area contributed by atoms with Crippen molar-refractivity contribution in [1.29, 1.82) is 0 Å². The molecule has 0 heterocycles. The topological polar surface area (TPSA) is 55.4 Å². The molecule has 2 unspecified atom stereocenters. The maximum atomic E-state index is 5.97. The SMILES string of the molecule is CCO[Si](CCCC(C)CSSCC(C)CCC[Si](OCC)(OCC)OCC)(OCC)OCC. The van der Waals surface area contributed by atoms with E-state index in [0.717, 1.165) is 24.9 Å². The third-order valence-electron chi connectivity index (χ3n) is 5.33. The van der Waals surface area contributed by atoms with Gasteiger partial charge in [0.2, 0.25) is 0 Å². The molecule has 0 radical (unpaired) electrons. The largest absolute Gasteiger partial charge is 0.500 e. The first-order valence-electron chi connectivity index (χ1n) is 13.4. The molecule has 0 saturated heterocycles. The summed E-state index contributed by atoms with van der Waals surface area (Å²) in [6, 6.07) is 1.83. The minimum absolute atomic E-state index is 0.651. The van der Waals surface area contributed by atoms with Crippen molar-refractivity contribution in [3.8, 4) is 0 Å². The summed E-state index contributed by atoms with van der Waals surface area (Å²) in [4.78, 5) is 0. The Kier molecular flexibility index (Phi) is 22.5. The Morgan fingerprint density at radius 3 is 1.00 bits per heavy atom. The molecule has 6 nitrogen and oxygen atoms in total. The molecule has 0 fully saturated rings. The summed E-state index contributed by atoms with van der Waals surface area (Å²) in [5, 5.41) is 0. The van der Waals surface area contributed by atoms with E-state index in [0.29, 0.717) is 51.5 Å². The molecule has 206 valence electrons. The van der Waals surface area contributed by atoms with Gasteiger partial charge in [-0.05, 0) is 79.1 Å². The highest BCUT2D eigenvalue weighted by molar-refractivity contribution is 8.76. The van der Waals surface area contributed by atoms with Crippen molar-refractivity contribution < 1.29 is 26.6 Å². The van der Waals surface area contributed by atoms with Gasteiger partial charge in [-0.1, -0.05) is 35.4 Å². The summed E-state index contributed by atoms with van der Waals surface area (Å²) in [5.74, 6) is 3.72. The first kappa shape index (κ1) is 34.9. The summed E-state index contributed by atoms with van der Waals surface area (Å²) in [5.41, 5.74) is 0. The fourth-order valence-corrected chi connectivity index (χ4v) is 12.1. The van der Waals surface area contributed by atoms with Crippen LogP contribution in [0, 0.1) is 11.8 Å². The lowest BCUT2D eigenvalue weighted by Gasteiger charge is -2.29. The highest BCUT2D eigenvalue weighted by atomic mass is 33.1. The Morgan fingerprint density at radius 1 is 0.500 bits per heavy atom. The average molecular weight is 559 g/mol. The summed E-state index contributed by atoms with van der Waals surface area (Å²) < 4.78 is 35.8. The Labute approximate surface area is 221 Å². The van der Waals surface area contributed by atoms with Gasteiger partial charge in [0.25, 0.3) is 0 Å². The van der Waals surface area contributed by atoms with E-state index in [1.807, 2.05) is 63.1 Å². The zero-order valence-corrected chi connectivity index (χ0v) is 27.0. The molecule has 0 aromatic heterocycles. The van der Waals surface area contributed by atoms with E-state index in [1.165, 1.54) is 24.3 Å². The standard InChI is InChI=1S/C24H54O6S2Si2/c1-9-25-33(26-10-2,27-11-3)19-15-17-23(7)21-31-32-22-24(8)18-16-20-34(28-12-4,29-13-5)30-14-6/h23-24H,9-22H2,1-8H3. The molecule has 0 saturated carbocycles. The van der Waals surface area contributed by atoms with E-state index in [9.17, 15) is 0 Å². The number of hydrogen-bond acceptors (Lipinski definition) is 8. The second-order valence-electron chi connectivity index (χ2n) is 8.53. The van der Waals surface area contributed by atoms with E-state index >= 15 is 0 Å². The zero-order valence-electron chi connectivity index (χ0n) is 23.3. The molecule has 0 rings (SSSR count). The summed E-state index contributed by atoms with van der Waals surface area (Å²) in [7, 11) is -0.967. The maximum Gasteiger partial charge on any atom is 0.500 e. The van der Waals surface area contributed by atoms with Gasteiger partial charge in [-0.3, -0.25) is 0 Å². The molecule has 10 heteroatoms. The Bertz CT molecular complexity index is 391. The van der Waals surface area contributed by atoms with Gasteiger partial charge >= 0.3 is 17.6 Å². The van der Waals surface area contributed by atoms with Crippen molar-refractivity contribution in [3.05, 3.63) is 0 Å².